The van der Waals surface area contributed by atoms with Crippen LogP contribution < -0.4 is 31.0 Å². The molecule has 0 amide bonds. The van der Waals surface area contributed by atoms with Gasteiger partial charge in [-0.3, -0.25) is 0 Å². The first kappa shape index (κ1) is 35.0. The highest BCUT2D eigenvalue weighted by Crippen LogP contribution is 2.20. The first-order valence-electron chi connectivity index (χ1n) is 12.8. The maximum Gasteiger partial charge on any atom is 0.208 e. The van der Waals surface area contributed by atoms with Crippen molar-refractivity contribution in [2.45, 2.75) is 13.8 Å². The fourth-order valence-electron chi connectivity index (χ4n) is 3.68. The number of hydrogen-bond donors (Lipinski definition) is 2. The molecule has 4 aromatic carbocycles. The van der Waals surface area contributed by atoms with Gasteiger partial charge in [-0.25, -0.2) is 43.9 Å². The molecule has 16 heteroatoms. The number of nitrogens with one attached hydrogen (secondary N) is 2. The van der Waals surface area contributed by atoms with Gasteiger partial charge in [0.2, 0.25) is 7.28 Å². The van der Waals surface area contributed by atoms with Gasteiger partial charge in [-0.15, -0.1) is 0 Å². The number of thiocarbonyl (C=S) groups is 1. The van der Waals surface area contributed by atoms with E-state index in [4.69, 9.17) is 21.7 Å². The summed E-state index contributed by atoms with van der Waals surface area (Å²) in [6.07, 6.45) is 0. The van der Waals surface area contributed by atoms with Gasteiger partial charge < -0.3 is 20.1 Å². The zero-order valence-corrected chi connectivity index (χ0v) is 24.1. The average molecular weight is 662 g/mol. The molecule has 0 aromatic heterocycles. The molecule has 0 saturated heterocycles. The van der Waals surface area contributed by atoms with Crippen LogP contribution in [-0.4, -0.2) is 25.6 Å². The highest BCUT2D eigenvalue weighted by molar-refractivity contribution is 7.80. The van der Waals surface area contributed by atoms with Gasteiger partial charge in [0, 0.05) is 11.4 Å². The van der Waals surface area contributed by atoms with Crippen LogP contribution in [0.1, 0.15) is 13.8 Å². The molecular weight excluding hydrogens is 641 g/mol. The number of halogens is 10. The molecule has 0 radical (unpaired) electrons. The molecule has 238 valence electrons. The fourth-order valence-corrected chi connectivity index (χ4v) is 3.92. The number of anilines is 2. The van der Waals surface area contributed by atoms with Crippen molar-refractivity contribution in [1.82, 2.24) is 0 Å². The molecule has 4 nitrogen and oxygen atoms in total. The quantitative estimate of drug-likeness (QED) is 0.0719. The van der Waals surface area contributed by atoms with Crippen LogP contribution in [0.4, 0.5) is 55.3 Å². The molecule has 2 N–H and O–H groups in total. The van der Waals surface area contributed by atoms with Crippen LogP contribution in [0.15, 0.2) is 48.5 Å². The summed E-state index contributed by atoms with van der Waals surface area (Å²) in [5.74, 6) is -22.8. The van der Waals surface area contributed by atoms with Crippen molar-refractivity contribution >= 4 is 46.9 Å². The SMILES string of the molecule is CCOc1ccc(NC(=S)Nc2ccc(OCC)cc2)cc1.Fc1c(F)c(F)c(Bc2c(F)c(F)c(F)c(F)c2F)c(F)c1F. The summed E-state index contributed by atoms with van der Waals surface area (Å²) < 4.78 is 142. The van der Waals surface area contributed by atoms with Crippen molar-refractivity contribution in [2.24, 2.45) is 0 Å². The lowest BCUT2D eigenvalue weighted by Gasteiger charge is -2.12. The maximum atomic E-state index is 13.4. The molecule has 0 unspecified atom stereocenters. The van der Waals surface area contributed by atoms with Crippen molar-refractivity contribution in [2.75, 3.05) is 23.8 Å². The minimum absolute atomic E-state index is 0.535. The number of rotatable bonds is 8. The van der Waals surface area contributed by atoms with E-state index in [1.54, 1.807) is 0 Å². The van der Waals surface area contributed by atoms with E-state index < -0.39 is 76.4 Å². The molecule has 0 aliphatic heterocycles. The second kappa shape index (κ2) is 15.5. The molecule has 0 spiro atoms. The fraction of sp³-hybridized carbons (Fsp3) is 0.138. The van der Waals surface area contributed by atoms with Gasteiger partial charge in [-0.1, -0.05) is 0 Å². The van der Waals surface area contributed by atoms with Gasteiger partial charge in [-0.2, -0.15) is 0 Å². The second-order valence-electron chi connectivity index (χ2n) is 8.77. The van der Waals surface area contributed by atoms with E-state index in [1.807, 2.05) is 62.4 Å². The van der Waals surface area contributed by atoms with Crippen LogP contribution in [0.3, 0.4) is 0 Å². The minimum Gasteiger partial charge on any atom is -0.494 e. The van der Waals surface area contributed by atoms with Gasteiger partial charge in [0.1, 0.15) is 11.5 Å². The molecular formula is C29H21BF10N2O2S. The van der Waals surface area contributed by atoms with Gasteiger partial charge in [0.15, 0.2) is 63.3 Å². The third-order valence-electron chi connectivity index (χ3n) is 5.80. The monoisotopic (exact) mass is 662 g/mol. The predicted molar refractivity (Wildman–Crippen MR) is 154 cm³/mol. The lowest BCUT2D eigenvalue weighted by molar-refractivity contribution is 0.340. The van der Waals surface area contributed by atoms with Crippen molar-refractivity contribution in [3.8, 4) is 11.5 Å². The minimum atomic E-state index is -2.53. The third kappa shape index (κ3) is 8.38. The topological polar surface area (TPSA) is 42.5 Å². The molecule has 0 aliphatic carbocycles. The molecule has 45 heavy (non-hydrogen) atoms. The van der Waals surface area contributed by atoms with Gasteiger partial charge in [0.25, 0.3) is 0 Å². The van der Waals surface area contributed by atoms with Crippen molar-refractivity contribution in [3.05, 3.63) is 107 Å². The number of benzene rings is 4. The summed E-state index contributed by atoms with van der Waals surface area (Å²) in [5.41, 5.74) is -1.65. The molecule has 4 rings (SSSR count). The van der Waals surface area contributed by atoms with E-state index in [0.717, 1.165) is 22.9 Å². The highest BCUT2D eigenvalue weighted by Gasteiger charge is 2.31. The van der Waals surface area contributed by atoms with Crippen LogP contribution >= 0.6 is 12.2 Å². The van der Waals surface area contributed by atoms with Gasteiger partial charge in [-0.05, 0) is 85.5 Å². The molecule has 4 aromatic rings. The Morgan fingerprint density at radius 3 is 1.04 bits per heavy atom. The summed E-state index contributed by atoms with van der Waals surface area (Å²) in [6.45, 7) is 5.24. The largest absolute Gasteiger partial charge is 0.494 e. The van der Waals surface area contributed by atoms with E-state index in [1.165, 1.54) is 0 Å². The lowest BCUT2D eigenvalue weighted by atomic mass is 9.62. The second-order valence-corrected chi connectivity index (χ2v) is 9.18. The van der Waals surface area contributed by atoms with E-state index in [0.29, 0.717) is 18.3 Å². The molecule has 0 fully saturated rings. The van der Waals surface area contributed by atoms with Crippen molar-refractivity contribution in [3.63, 3.8) is 0 Å². The lowest BCUT2D eigenvalue weighted by Crippen LogP contribution is -2.39. The number of hydrogen-bond acceptors (Lipinski definition) is 3. The van der Waals surface area contributed by atoms with Gasteiger partial charge >= 0.3 is 0 Å². The van der Waals surface area contributed by atoms with Crippen LogP contribution in [0.5, 0.6) is 11.5 Å². The first-order chi connectivity index (χ1) is 21.3. The summed E-state index contributed by atoms with van der Waals surface area (Å²) in [7, 11) is -1.74. The number of ether oxygens (including phenoxy) is 2. The summed E-state index contributed by atoms with van der Waals surface area (Å²) in [6, 6.07) is 15.3. The average Bonchev–Trinajstić information content (AvgIpc) is 3.03. The van der Waals surface area contributed by atoms with Crippen LogP contribution in [0.2, 0.25) is 0 Å². The van der Waals surface area contributed by atoms with E-state index in [2.05, 4.69) is 10.6 Å². The molecule has 0 saturated carbocycles. The standard InChI is InChI=1S/C17H20N2O2S.C12HBF10/c1-3-20-15-9-5-13(6-10-15)18-17(22)19-14-7-11-16(12-8-14)21-4-2;14-3-1(4(15)8(19)11(22)7(3)18)13-2-5(16)9(20)12(23)10(21)6(2)17/h5-12H,3-4H2,1-2H3,(H2,18,19,22);13H. The van der Waals surface area contributed by atoms with Crippen LogP contribution in [0, 0.1) is 58.2 Å². The Kier molecular flexibility index (Phi) is 12.1. The Morgan fingerprint density at radius 1 is 0.511 bits per heavy atom. The zero-order valence-electron chi connectivity index (χ0n) is 23.2. The van der Waals surface area contributed by atoms with E-state index >= 15 is 0 Å². The third-order valence-corrected chi connectivity index (χ3v) is 6.01. The Morgan fingerprint density at radius 2 is 0.778 bits per heavy atom. The normalized spacial score (nSPS) is 10.5. The molecule has 0 heterocycles. The predicted octanol–water partition coefficient (Wildman–Crippen LogP) is 6.76. The first-order valence-corrected chi connectivity index (χ1v) is 13.3. The highest BCUT2D eigenvalue weighted by atomic mass is 32.1. The molecule has 0 aliphatic rings. The summed E-state index contributed by atoms with van der Waals surface area (Å²) in [4.78, 5) is 0. The van der Waals surface area contributed by atoms with Gasteiger partial charge in [0.05, 0.1) is 13.2 Å². The molecule has 0 bridgehead atoms. The van der Waals surface area contributed by atoms with E-state index in [9.17, 15) is 43.9 Å². The zero-order chi connectivity index (χ0) is 33.4. The maximum absolute atomic E-state index is 13.4. The van der Waals surface area contributed by atoms with E-state index in [-0.39, 0.29) is 0 Å². The summed E-state index contributed by atoms with van der Waals surface area (Å²) in [5, 5.41) is 6.80. The Hall–Kier alpha value is -4.47. The van der Waals surface area contributed by atoms with Crippen molar-refractivity contribution < 1.29 is 53.4 Å². The Bertz CT molecular complexity index is 1500. The van der Waals surface area contributed by atoms with Crippen LogP contribution in [0.25, 0.3) is 0 Å². The Labute approximate surface area is 256 Å². The molecule has 0 atom stereocenters. The smallest absolute Gasteiger partial charge is 0.208 e. The van der Waals surface area contributed by atoms with Crippen molar-refractivity contribution in [1.29, 1.82) is 0 Å². The Balaban J connectivity index is 0.000000246. The van der Waals surface area contributed by atoms with Crippen LogP contribution in [-0.2, 0) is 0 Å². The summed E-state index contributed by atoms with van der Waals surface area (Å²) >= 11 is 5.30.